The number of hydrogen-bond acceptors (Lipinski definition) is 5. The molecular formula is C26H30F3N3O3. The number of amides is 1. The Kier molecular flexibility index (Phi) is 6.71. The molecule has 1 amide bonds. The second kappa shape index (κ2) is 9.43. The maximum Gasteiger partial charge on any atom is 0.416 e. The molecule has 4 rings (SSSR count). The summed E-state index contributed by atoms with van der Waals surface area (Å²) in [6.45, 7) is 7.74. The molecule has 1 atom stereocenters. The Hall–Kier alpha value is -3.23. The van der Waals surface area contributed by atoms with Crippen LogP contribution in [0.5, 0.6) is 5.75 Å². The Morgan fingerprint density at radius 1 is 1.11 bits per heavy atom. The van der Waals surface area contributed by atoms with Gasteiger partial charge in [0.2, 0.25) is 0 Å². The predicted octanol–water partition coefficient (Wildman–Crippen LogP) is 5.45. The highest BCUT2D eigenvalue weighted by Crippen LogP contribution is 2.34. The monoisotopic (exact) mass is 489 g/mol. The first-order valence-corrected chi connectivity index (χ1v) is 11.6. The minimum absolute atomic E-state index is 0.0294. The summed E-state index contributed by atoms with van der Waals surface area (Å²) < 4.78 is 50.3. The summed E-state index contributed by atoms with van der Waals surface area (Å²) in [5, 5.41) is 0. The lowest BCUT2D eigenvalue weighted by Crippen LogP contribution is -2.42. The van der Waals surface area contributed by atoms with Gasteiger partial charge in [-0.3, -0.25) is 4.99 Å². The van der Waals surface area contributed by atoms with Gasteiger partial charge >= 0.3 is 12.3 Å². The zero-order chi connectivity index (χ0) is 25.4. The minimum Gasteiger partial charge on any atom is -0.491 e. The van der Waals surface area contributed by atoms with Gasteiger partial charge in [0.15, 0.2) is 0 Å². The van der Waals surface area contributed by atoms with E-state index in [0.29, 0.717) is 37.6 Å². The summed E-state index contributed by atoms with van der Waals surface area (Å²) in [4.78, 5) is 21.1. The third kappa shape index (κ3) is 5.71. The van der Waals surface area contributed by atoms with Crippen molar-refractivity contribution in [1.29, 1.82) is 0 Å². The number of fused-ring (bicyclic) bond motifs is 1. The number of nitrogens with zero attached hydrogens (tertiary/aromatic N) is 3. The van der Waals surface area contributed by atoms with E-state index in [1.54, 1.807) is 11.9 Å². The van der Waals surface area contributed by atoms with Gasteiger partial charge in [-0.05, 0) is 62.6 Å². The van der Waals surface area contributed by atoms with Crippen molar-refractivity contribution in [2.24, 2.45) is 4.99 Å². The minimum atomic E-state index is -4.38. The fourth-order valence-corrected chi connectivity index (χ4v) is 4.26. The van der Waals surface area contributed by atoms with Gasteiger partial charge in [0.25, 0.3) is 0 Å². The number of hydrogen-bond donors (Lipinski definition) is 0. The molecule has 0 aliphatic carbocycles. The SMILES string of the molecule is CN(C(=O)OC(C)(C)C)[C@H]1CCN(C2=NCCOc3ccc(-c4ccc(C(F)(F)F)cc4)cc32)C1. The molecule has 1 saturated heterocycles. The van der Waals surface area contributed by atoms with Crippen molar-refractivity contribution in [1.82, 2.24) is 9.80 Å². The highest BCUT2D eigenvalue weighted by Gasteiger charge is 2.34. The summed E-state index contributed by atoms with van der Waals surface area (Å²) in [6, 6.07) is 10.7. The molecule has 2 aliphatic rings. The number of halogens is 3. The van der Waals surface area contributed by atoms with Crippen molar-refractivity contribution in [2.45, 2.75) is 45.0 Å². The predicted molar refractivity (Wildman–Crippen MR) is 128 cm³/mol. The third-order valence-corrected chi connectivity index (χ3v) is 6.07. The molecule has 0 aromatic heterocycles. The Balaban J connectivity index is 1.56. The average Bonchev–Trinajstić information content (AvgIpc) is 3.17. The number of carbonyl (C=O) groups is 1. The lowest BCUT2D eigenvalue weighted by Gasteiger charge is -2.29. The van der Waals surface area contributed by atoms with Crippen LogP contribution < -0.4 is 4.74 Å². The quantitative estimate of drug-likeness (QED) is 0.563. The van der Waals surface area contributed by atoms with Gasteiger partial charge in [-0.25, -0.2) is 4.79 Å². The molecule has 2 aromatic rings. The van der Waals surface area contributed by atoms with Gasteiger partial charge in [0, 0.05) is 20.1 Å². The molecule has 0 N–H and O–H groups in total. The van der Waals surface area contributed by atoms with Crippen LogP contribution in [0.1, 0.15) is 38.3 Å². The fourth-order valence-electron chi connectivity index (χ4n) is 4.26. The number of benzene rings is 2. The Morgan fingerprint density at radius 2 is 1.80 bits per heavy atom. The molecule has 1 fully saturated rings. The molecule has 9 heteroatoms. The van der Waals surface area contributed by atoms with E-state index in [1.165, 1.54) is 12.1 Å². The second-order valence-electron chi connectivity index (χ2n) is 9.82. The van der Waals surface area contributed by atoms with Crippen LogP contribution in [0, 0.1) is 0 Å². The fraction of sp³-hybridized carbons (Fsp3) is 0.462. The summed E-state index contributed by atoms with van der Waals surface area (Å²) in [6.07, 6.45) is -3.97. The number of carbonyl (C=O) groups excluding carboxylic acids is 1. The normalized spacial score (nSPS) is 18.3. The van der Waals surface area contributed by atoms with E-state index in [4.69, 9.17) is 14.5 Å². The van der Waals surface area contributed by atoms with Crippen LogP contribution in [-0.4, -0.2) is 66.7 Å². The Bertz CT molecular complexity index is 1110. The van der Waals surface area contributed by atoms with Crippen molar-refractivity contribution in [3.8, 4) is 16.9 Å². The van der Waals surface area contributed by atoms with Crippen LogP contribution in [0.2, 0.25) is 0 Å². The van der Waals surface area contributed by atoms with Gasteiger partial charge in [-0.15, -0.1) is 0 Å². The maximum atomic E-state index is 13.0. The molecule has 0 unspecified atom stereocenters. The number of aliphatic imine (C=N–C) groups is 1. The Labute approximate surface area is 203 Å². The molecule has 35 heavy (non-hydrogen) atoms. The van der Waals surface area contributed by atoms with Crippen molar-refractivity contribution in [3.63, 3.8) is 0 Å². The summed E-state index contributed by atoms with van der Waals surface area (Å²) in [5.74, 6) is 1.45. The average molecular weight is 490 g/mol. The van der Waals surface area contributed by atoms with Crippen molar-refractivity contribution in [3.05, 3.63) is 53.6 Å². The van der Waals surface area contributed by atoms with E-state index in [9.17, 15) is 18.0 Å². The number of likely N-dealkylation sites (N-methyl/N-ethyl adjacent to an activating group) is 1. The molecule has 0 saturated carbocycles. The number of rotatable bonds is 2. The number of amidine groups is 1. The zero-order valence-electron chi connectivity index (χ0n) is 20.4. The van der Waals surface area contributed by atoms with E-state index in [2.05, 4.69) is 4.90 Å². The lowest BCUT2D eigenvalue weighted by molar-refractivity contribution is -0.137. The molecule has 2 aliphatic heterocycles. The first-order valence-electron chi connectivity index (χ1n) is 11.6. The van der Waals surface area contributed by atoms with Crippen molar-refractivity contribution in [2.75, 3.05) is 33.3 Å². The topological polar surface area (TPSA) is 54.4 Å². The van der Waals surface area contributed by atoms with Crippen molar-refractivity contribution < 1.29 is 27.4 Å². The highest BCUT2D eigenvalue weighted by molar-refractivity contribution is 6.02. The smallest absolute Gasteiger partial charge is 0.416 e. The van der Waals surface area contributed by atoms with Gasteiger partial charge in [-0.1, -0.05) is 18.2 Å². The van der Waals surface area contributed by atoms with Crippen LogP contribution in [0.3, 0.4) is 0 Å². The molecule has 0 bridgehead atoms. The van der Waals surface area contributed by atoms with Crippen LogP contribution in [-0.2, 0) is 10.9 Å². The molecule has 188 valence electrons. The second-order valence-corrected chi connectivity index (χ2v) is 9.82. The van der Waals surface area contributed by atoms with E-state index in [0.717, 1.165) is 35.5 Å². The largest absolute Gasteiger partial charge is 0.491 e. The molecule has 6 nitrogen and oxygen atoms in total. The standard InChI is InChI=1S/C26H30F3N3O3/c1-25(2,3)35-24(33)31(4)20-11-13-32(16-20)23-21-15-18(7-10-22(21)34-14-12-30-23)17-5-8-19(9-6-17)26(27,28)29/h5-10,15,20H,11-14,16H2,1-4H3/t20-/m0/s1. The van der Waals surface area contributed by atoms with Gasteiger partial charge in [0.05, 0.1) is 23.7 Å². The molecule has 0 radical (unpaired) electrons. The van der Waals surface area contributed by atoms with Gasteiger partial charge in [-0.2, -0.15) is 13.2 Å². The van der Waals surface area contributed by atoms with Gasteiger partial charge in [0.1, 0.15) is 23.8 Å². The van der Waals surface area contributed by atoms with E-state index in [1.807, 2.05) is 39.0 Å². The van der Waals surface area contributed by atoms with Crippen LogP contribution in [0.25, 0.3) is 11.1 Å². The number of alkyl halides is 3. The first kappa shape index (κ1) is 24.9. The summed E-state index contributed by atoms with van der Waals surface area (Å²) >= 11 is 0. The molecule has 0 spiro atoms. The van der Waals surface area contributed by atoms with Gasteiger partial charge < -0.3 is 19.3 Å². The maximum absolute atomic E-state index is 13.0. The van der Waals surface area contributed by atoms with Crippen LogP contribution in [0.4, 0.5) is 18.0 Å². The number of ether oxygens (including phenoxy) is 2. The lowest BCUT2D eigenvalue weighted by atomic mass is 10.00. The molecular weight excluding hydrogens is 459 g/mol. The molecule has 2 aromatic carbocycles. The van der Waals surface area contributed by atoms with E-state index >= 15 is 0 Å². The zero-order valence-corrected chi connectivity index (χ0v) is 20.4. The summed E-state index contributed by atoms with van der Waals surface area (Å²) in [5.41, 5.74) is 0.991. The molecule has 2 heterocycles. The third-order valence-electron chi connectivity index (χ3n) is 6.07. The number of likely N-dealkylation sites (tertiary alicyclic amines) is 1. The highest BCUT2D eigenvalue weighted by atomic mass is 19.4. The summed E-state index contributed by atoms with van der Waals surface area (Å²) in [7, 11) is 1.75. The van der Waals surface area contributed by atoms with Crippen LogP contribution in [0.15, 0.2) is 47.5 Å². The first-order chi connectivity index (χ1) is 16.4. The van der Waals surface area contributed by atoms with Crippen LogP contribution >= 0.6 is 0 Å². The van der Waals surface area contributed by atoms with E-state index < -0.39 is 17.3 Å². The van der Waals surface area contributed by atoms with E-state index in [-0.39, 0.29) is 12.1 Å². The van der Waals surface area contributed by atoms with Crippen molar-refractivity contribution >= 4 is 11.9 Å². The Morgan fingerprint density at radius 3 is 2.46 bits per heavy atom.